The molecule has 1 unspecified atom stereocenters. The van der Waals surface area contributed by atoms with Crippen molar-refractivity contribution < 1.29 is 4.79 Å². The zero-order valence-electron chi connectivity index (χ0n) is 12.4. The van der Waals surface area contributed by atoms with Gasteiger partial charge in [-0.25, -0.2) is 4.68 Å². The summed E-state index contributed by atoms with van der Waals surface area (Å²) in [5.41, 5.74) is 5.82. The molecule has 120 valence electrons. The third-order valence-electron chi connectivity index (χ3n) is 3.97. The zero-order chi connectivity index (χ0) is 14.9. The number of rotatable bonds is 6. The maximum absolute atomic E-state index is 12.3. The second-order valence-corrected chi connectivity index (χ2v) is 6.76. The summed E-state index contributed by atoms with van der Waals surface area (Å²) in [6, 6.07) is 4.03. The minimum atomic E-state index is -0.339. The van der Waals surface area contributed by atoms with Gasteiger partial charge in [0.05, 0.1) is 18.3 Å². The Kier molecular flexibility index (Phi) is 5.20. The second kappa shape index (κ2) is 6.76. The third-order valence-corrected chi connectivity index (χ3v) is 4.83. The van der Waals surface area contributed by atoms with Gasteiger partial charge >= 0.3 is 0 Å². The Hall–Kier alpha value is -1.44. The quantitative estimate of drug-likeness (QED) is 0.836. The Balaban J connectivity index is 0.00000176. The Labute approximate surface area is 139 Å². The molecule has 3 rings (SSSR count). The minimum absolute atomic E-state index is 0. The van der Waals surface area contributed by atoms with Gasteiger partial charge in [0.15, 0.2) is 5.69 Å². The summed E-state index contributed by atoms with van der Waals surface area (Å²) in [6.07, 6.45) is 3.93. The van der Waals surface area contributed by atoms with Gasteiger partial charge in [-0.3, -0.25) is 4.79 Å². The van der Waals surface area contributed by atoms with Gasteiger partial charge in [-0.15, -0.1) is 28.8 Å². The van der Waals surface area contributed by atoms with Crippen LogP contribution in [-0.2, 0) is 6.54 Å². The summed E-state index contributed by atoms with van der Waals surface area (Å²) in [6.45, 7) is 3.07. The lowest BCUT2D eigenvalue weighted by molar-refractivity contribution is 0.0892. The van der Waals surface area contributed by atoms with Gasteiger partial charge < -0.3 is 11.1 Å². The van der Waals surface area contributed by atoms with Crippen LogP contribution in [-0.4, -0.2) is 33.0 Å². The molecule has 0 radical (unpaired) electrons. The van der Waals surface area contributed by atoms with E-state index in [-0.39, 0.29) is 23.9 Å². The number of nitrogens with zero attached hydrogens (tertiary/aromatic N) is 3. The van der Waals surface area contributed by atoms with Crippen molar-refractivity contribution >= 4 is 29.7 Å². The number of nitrogens with two attached hydrogens (primary N) is 1. The van der Waals surface area contributed by atoms with Crippen molar-refractivity contribution in [1.82, 2.24) is 20.3 Å². The highest BCUT2D eigenvalue weighted by Crippen LogP contribution is 2.39. The lowest BCUT2D eigenvalue weighted by Crippen LogP contribution is -2.53. The highest BCUT2D eigenvalue weighted by atomic mass is 35.5. The van der Waals surface area contributed by atoms with E-state index >= 15 is 0 Å². The van der Waals surface area contributed by atoms with Gasteiger partial charge in [0, 0.05) is 11.4 Å². The van der Waals surface area contributed by atoms with Crippen molar-refractivity contribution in [2.45, 2.75) is 31.8 Å². The van der Waals surface area contributed by atoms with Crippen LogP contribution in [0, 0.1) is 5.92 Å². The zero-order valence-corrected chi connectivity index (χ0v) is 14.0. The van der Waals surface area contributed by atoms with Crippen LogP contribution < -0.4 is 11.1 Å². The van der Waals surface area contributed by atoms with Crippen molar-refractivity contribution in [2.75, 3.05) is 6.54 Å². The monoisotopic (exact) mass is 341 g/mol. The Morgan fingerprint density at radius 3 is 2.95 bits per heavy atom. The molecule has 3 N–H and O–H groups in total. The highest BCUT2D eigenvalue weighted by molar-refractivity contribution is 7.09. The van der Waals surface area contributed by atoms with Crippen LogP contribution in [0.4, 0.5) is 0 Å². The molecule has 1 saturated carbocycles. The maximum atomic E-state index is 12.3. The average Bonchev–Trinajstić information content (AvgIpc) is 3.03. The predicted molar refractivity (Wildman–Crippen MR) is 88.3 cm³/mol. The summed E-state index contributed by atoms with van der Waals surface area (Å²) in [5.74, 6) is 0.278. The first kappa shape index (κ1) is 16.9. The van der Waals surface area contributed by atoms with Gasteiger partial charge in [0.25, 0.3) is 5.91 Å². The fourth-order valence-electron chi connectivity index (χ4n) is 2.41. The van der Waals surface area contributed by atoms with Crippen molar-refractivity contribution in [3.63, 3.8) is 0 Å². The van der Waals surface area contributed by atoms with E-state index in [0.29, 0.717) is 24.7 Å². The third kappa shape index (κ3) is 3.66. The average molecular weight is 342 g/mol. The van der Waals surface area contributed by atoms with Crippen LogP contribution in [0.2, 0.25) is 0 Å². The minimum Gasteiger partial charge on any atom is -0.344 e. The molecule has 1 amide bonds. The molecule has 22 heavy (non-hydrogen) atoms. The lowest BCUT2D eigenvalue weighted by Gasteiger charge is -2.28. The summed E-state index contributed by atoms with van der Waals surface area (Å²) in [5, 5.41) is 13.0. The summed E-state index contributed by atoms with van der Waals surface area (Å²) >= 11 is 1.66. The van der Waals surface area contributed by atoms with Gasteiger partial charge in [0.2, 0.25) is 0 Å². The van der Waals surface area contributed by atoms with E-state index in [1.54, 1.807) is 22.2 Å². The van der Waals surface area contributed by atoms with E-state index in [1.165, 1.54) is 4.88 Å². The number of halogens is 1. The van der Waals surface area contributed by atoms with Crippen LogP contribution in [0.15, 0.2) is 23.7 Å². The first-order valence-electron chi connectivity index (χ1n) is 7.06. The number of aromatic nitrogens is 3. The number of carbonyl (C=O) groups excluding carboxylic acids is 1. The molecule has 1 atom stereocenters. The fraction of sp³-hybridized carbons (Fsp3) is 0.500. The smallest absolute Gasteiger partial charge is 0.273 e. The van der Waals surface area contributed by atoms with Gasteiger partial charge in [-0.1, -0.05) is 11.3 Å². The molecular weight excluding hydrogens is 322 g/mol. The predicted octanol–water partition coefficient (Wildman–Crippen LogP) is 1.67. The molecule has 2 aromatic heterocycles. The summed E-state index contributed by atoms with van der Waals surface area (Å²) in [7, 11) is 0. The SMILES string of the molecule is CC(CN)(NC(=O)c1cn(Cc2cccs2)nn1)C1CC1.Cl. The largest absolute Gasteiger partial charge is 0.344 e. The van der Waals surface area contributed by atoms with Crippen molar-refractivity contribution in [1.29, 1.82) is 0 Å². The number of amides is 1. The molecule has 0 aromatic carbocycles. The van der Waals surface area contributed by atoms with Gasteiger partial charge in [-0.05, 0) is 37.1 Å². The molecule has 0 saturated heterocycles. The molecule has 6 nitrogen and oxygen atoms in total. The molecule has 2 heterocycles. The first-order chi connectivity index (χ1) is 10.1. The Bertz CT molecular complexity index is 625. The lowest BCUT2D eigenvalue weighted by atomic mass is 9.96. The van der Waals surface area contributed by atoms with E-state index < -0.39 is 0 Å². The highest BCUT2D eigenvalue weighted by Gasteiger charge is 2.41. The molecule has 2 aromatic rings. The normalized spacial score (nSPS) is 16.6. The van der Waals surface area contributed by atoms with E-state index in [4.69, 9.17) is 5.73 Å². The van der Waals surface area contributed by atoms with Crippen molar-refractivity contribution in [3.8, 4) is 0 Å². The van der Waals surface area contributed by atoms with E-state index in [0.717, 1.165) is 12.8 Å². The van der Waals surface area contributed by atoms with Gasteiger partial charge in [-0.2, -0.15) is 0 Å². The molecule has 0 spiro atoms. The molecule has 8 heteroatoms. The molecule has 0 aliphatic heterocycles. The number of nitrogens with one attached hydrogen (secondary N) is 1. The first-order valence-corrected chi connectivity index (χ1v) is 7.94. The molecular formula is C14H20ClN5OS. The van der Waals surface area contributed by atoms with Crippen molar-refractivity contribution in [3.05, 3.63) is 34.3 Å². The van der Waals surface area contributed by atoms with E-state index in [1.807, 2.05) is 24.4 Å². The van der Waals surface area contributed by atoms with Gasteiger partial charge in [0.1, 0.15) is 0 Å². The van der Waals surface area contributed by atoms with Crippen LogP contribution in [0.1, 0.15) is 35.1 Å². The van der Waals surface area contributed by atoms with E-state index in [2.05, 4.69) is 15.6 Å². The summed E-state index contributed by atoms with van der Waals surface area (Å²) in [4.78, 5) is 13.5. The number of hydrogen-bond acceptors (Lipinski definition) is 5. The van der Waals surface area contributed by atoms with Crippen LogP contribution >= 0.6 is 23.7 Å². The topological polar surface area (TPSA) is 85.8 Å². The van der Waals surface area contributed by atoms with Crippen LogP contribution in [0.3, 0.4) is 0 Å². The molecule has 1 fully saturated rings. The Morgan fingerprint density at radius 2 is 2.36 bits per heavy atom. The summed E-state index contributed by atoms with van der Waals surface area (Å²) < 4.78 is 1.68. The fourth-order valence-corrected chi connectivity index (χ4v) is 3.10. The standard InChI is InChI=1S/C14H19N5OS.ClH/c1-14(9-15,10-4-5-10)16-13(20)12-8-19(18-17-12)7-11-3-2-6-21-11;/h2-3,6,8,10H,4-5,7,9,15H2,1H3,(H,16,20);1H. The van der Waals surface area contributed by atoms with Crippen molar-refractivity contribution in [2.24, 2.45) is 11.7 Å². The number of hydrogen-bond donors (Lipinski definition) is 2. The number of carbonyl (C=O) groups is 1. The molecule has 0 bridgehead atoms. The van der Waals surface area contributed by atoms with Crippen LogP contribution in [0.5, 0.6) is 0 Å². The number of thiophene rings is 1. The maximum Gasteiger partial charge on any atom is 0.273 e. The van der Waals surface area contributed by atoms with Crippen LogP contribution in [0.25, 0.3) is 0 Å². The Morgan fingerprint density at radius 1 is 1.59 bits per heavy atom. The second-order valence-electron chi connectivity index (χ2n) is 5.73. The molecule has 1 aliphatic carbocycles. The van der Waals surface area contributed by atoms with E-state index in [9.17, 15) is 4.79 Å². The molecule has 1 aliphatic rings.